The molecule has 1 aromatic rings. The Labute approximate surface area is 196 Å². The van der Waals surface area contributed by atoms with E-state index in [1.807, 2.05) is 30.3 Å². The fourth-order valence-corrected chi connectivity index (χ4v) is 6.24. The van der Waals surface area contributed by atoms with Gasteiger partial charge in [0.05, 0.1) is 30.2 Å². The molecule has 1 aliphatic carbocycles. The van der Waals surface area contributed by atoms with Crippen molar-refractivity contribution in [2.24, 2.45) is 16.7 Å². The second-order valence-electron chi connectivity index (χ2n) is 9.74. The van der Waals surface area contributed by atoms with E-state index in [0.717, 1.165) is 44.1 Å². The summed E-state index contributed by atoms with van der Waals surface area (Å²) in [4.78, 5) is 0. The van der Waals surface area contributed by atoms with Gasteiger partial charge in [0, 0.05) is 6.42 Å². The summed E-state index contributed by atoms with van der Waals surface area (Å²) in [7, 11) is 0. The third-order valence-corrected chi connectivity index (χ3v) is 7.97. The van der Waals surface area contributed by atoms with Crippen LogP contribution in [0.3, 0.4) is 0 Å². The SMILES string of the molecule is N#CC1(C#N)C(CCc2ccccc2)OC23CCCCCCCCCCC2C1(C#N)C(=N)O3. The molecule has 2 heterocycles. The summed E-state index contributed by atoms with van der Waals surface area (Å²) in [6.07, 6.45) is 9.98. The van der Waals surface area contributed by atoms with Crippen LogP contribution < -0.4 is 0 Å². The number of hydrogen-bond acceptors (Lipinski definition) is 6. The first kappa shape index (κ1) is 23.3. The van der Waals surface area contributed by atoms with Gasteiger partial charge < -0.3 is 9.47 Å². The van der Waals surface area contributed by atoms with Crippen molar-refractivity contribution in [1.29, 1.82) is 21.2 Å². The van der Waals surface area contributed by atoms with Crippen LogP contribution in [0.2, 0.25) is 0 Å². The van der Waals surface area contributed by atoms with Crippen LogP contribution in [-0.2, 0) is 15.9 Å². The van der Waals surface area contributed by atoms with E-state index in [0.29, 0.717) is 25.7 Å². The van der Waals surface area contributed by atoms with E-state index in [9.17, 15) is 15.8 Å². The van der Waals surface area contributed by atoms with Crippen LogP contribution >= 0.6 is 0 Å². The summed E-state index contributed by atoms with van der Waals surface area (Å²) in [6, 6.07) is 16.6. The molecule has 172 valence electrons. The lowest BCUT2D eigenvalue weighted by molar-refractivity contribution is -0.285. The van der Waals surface area contributed by atoms with Crippen LogP contribution in [0.5, 0.6) is 0 Å². The van der Waals surface area contributed by atoms with E-state index in [4.69, 9.17) is 14.9 Å². The Morgan fingerprint density at radius 3 is 2.15 bits per heavy atom. The molecule has 1 N–H and O–H groups in total. The van der Waals surface area contributed by atoms with Gasteiger partial charge in [-0.05, 0) is 31.2 Å². The predicted octanol–water partition coefficient (Wildman–Crippen LogP) is 5.80. The molecule has 6 heteroatoms. The molecule has 4 unspecified atom stereocenters. The lowest BCUT2D eigenvalue weighted by Crippen LogP contribution is -2.62. The van der Waals surface area contributed by atoms with Crippen LogP contribution in [0.15, 0.2) is 30.3 Å². The summed E-state index contributed by atoms with van der Waals surface area (Å²) in [5.74, 6) is -1.85. The average Bonchev–Trinajstić information content (AvgIpc) is 3.01. The van der Waals surface area contributed by atoms with E-state index >= 15 is 0 Å². The van der Waals surface area contributed by atoms with Gasteiger partial charge >= 0.3 is 0 Å². The van der Waals surface area contributed by atoms with Crippen molar-refractivity contribution in [1.82, 2.24) is 0 Å². The van der Waals surface area contributed by atoms with Crippen molar-refractivity contribution in [3.05, 3.63) is 35.9 Å². The Bertz CT molecular complexity index is 974. The Hall–Kier alpha value is -2.88. The lowest BCUT2D eigenvalue weighted by atomic mass is 9.52. The Balaban J connectivity index is 1.75. The minimum Gasteiger partial charge on any atom is -0.447 e. The van der Waals surface area contributed by atoms with E-state index < -0.39 is 28.6 Å². The van der Waals surface area contributed by atoms with Crippen LogP contribution in [0.4, 0.5) is 0 Å². The highest BCUT2D eigenvalue weighted by atomic mass is 16.7. The molecule has 1 saturated carbocycles. The largest absolute Gasteiger partial charge is 0.447 e. The second kappa shape index (κ2) is 9.54. The maximum absolute atomic E-state index is 10.5. The molecule has 3 aliphatic rings. The van der Waals surface area contributed by atoms with Crippen LogP contribution in [0.1, 0.15) is 76.2 Å². The number of nitrogens with zero attached hydrogens (tertiary/aromatic N) is 3. The topological polar surface area (TPSA) is 114 Å². The molecule has 4 rings (SSSR count). The maximum Gasteiger partial charge on any atom is 0.217 e. The summed E-state index contributed by atoms with van der Waals surface area (Å²) in [6.45, 7) is 0. The van der Waals surface area contributed by atoms with Gasteiger partial charge in [-0.15, -0.1) is 0 Å². The van der Waals surface area contributed by atoms with E-state index in [1.165, 1.54) is 12.8 Å². The first-order valence-corrected chi connectivity index (χ1v) is 12.3. The van der Waals surface area contributed by atoms with Crippen LogP contribution in [0, 0.1) is 56.2 Å². The first-order chi connectivity index (χ1) is 16.1. The number of aryl methyl sites for hydroxylation is 1. The zero-order valence-electron chi connectivity index (χ0n) is 19.2. The molecule has 0 aromatic heterocycles. The van der Waals surface area contributed by atoms with Crippen molar-refractivity contribution < 1.29 is 9.47 Å². The zero-order chi connectivity index (χ0) is 23.4. The molecule has 1 aromatic carbocycles. The van der Waals surface area contributed by atoms with Gasteiger partial charge in [0.15, 0.2) is 10.8 Å². The number of hydrogen-bond donors (Lipinski definition) is 1. The Kier molecular flexibility index (Phi) is 6.73. The molecule has 2 saturated heterocycles. The number of rotatable bonds is 3. The Morgan fingerprint density at radius 1 is 0.879 bits per heavy atom. The molecule has 0 amide bonds. The van der Waals surface area contributed by atoms with Gasteiger partial charge in [0.1, 0.15) is 0 Å². The van der Waals surface area contributed by atoms with Crippen molar-refractivity contribution in [3.63, 3.8) is 0 Å². The fourth-order valence-electron chi connectivity index (χ4n) is 6.24. The fraction of sp³-hybridized carbons (Fsp3) is 0.630. The quantitative estimate of drug-likeness (QED) is 0.633. The molecule has 0 radical (unpaired) electrons. The molecule has 6 nitrogen and oxygen atoms in total. The zero-order valence-corrected chi connectivity index (χ0v) is 19.2. The second-order valence-corrected chi connectivity index (χ2v) is 9.74. The predicted molar refractivity (Wildman–Crippen MR) is 123 cm³/mol. The monoisotopic (exact) mass is 444 g/mol. The highest BCUT2D eigenvalue weighted by molar-refractivity contribution is 5.89. The summed E-state index contributed by atoms with van der Waals surface area (Å²) >= 11 is 0. The first-order valence-electron chi connectivity index (χ1n) is 12.3. The highest BCUT2D eigenvalue weighted by Crippen LogP contribution is 2.65. The van der Waals surface area contributed by atoms with E-state index in [1.54, 1.807) is 0 Å². The smallest absolute Gasteiger partial charge is 0.217 e. The minimum atomic E-state index is -1.78. The molecule has 3 fully saturated rings. The van der Waals surface area contributed by atoms with Gasteiger partial charge in [-0.3, -0.25) is 5.41 Å². The normalized spacial score (nSPS) is 33.7. The van der Waals surface area contributed by atoms with Crippen molar-refractivity contribution in [2.75, 3.05) is 0 Å². The maximum atomic E-state index is 10.5. The van der Waals surface area contributed by atoms with E-state index in [-0.39, 0.29) is 5.90 Å². The third-order valence-electron chi connectivity index (χ3n) is 7.97. The highest BCUT2D eigenvalue weighted by Gasteiger charge is 2.79. The van der Waals surface area contributed by atoms with Gasteiger partial charge in [0.2, 0.25) is 11.7 Å². The van der Waals surface area contributed by atoms with Gasteiger partial charge in [-0.25, -0.2) is 0 Å². The third kappa shape index (κ3) is 3.70. The van der Waals surface area contributed by atoms with Crippen LogP contribution in [-0.4, -0.2) is 17.8 Å². The average molecular weight is 445 g/mol. The number of benzene rings is 1. The summed E-state index contributed by atoms with van der Waals surface area (Å²) in [5.41, 5.74) is -2.31. The molecular weight excluding hydrogens is 412 g/mol. The molecule has 2 bridgehead atoms. The minimum absolute atomic E-state index is 0.254. The summed E-state index contributed by atoms with van der Waals surface area (Å²) < 4.78 is 12.8. The lowest BCUT2D eigenvalue weighted by Gasteiger charge is -2.50. The standard InChI is InChI=1S/C27H32N4O2/c28-18-25(19-29)23(16-15-21-12-8-7-9-13-21)32-27-17-11-6-4-2-1-3-5-10-14-22(27)26(25,20-30)24(31)33-27/h7-9,12-13,22-23,31H,1-6,10-11,14-17H2. The molecule has 4 atom stereocenters. The number of nitriles is 3. The van der Waals surface area contributed by atoms with Crippen molar-refractivity contribution in [2.45, 2.75) is 88.9 Å². The van der Waals surface area contributed by atoms with Crippen molar-refractivity contribution >= 4 is 5.90 Å². The molecule has 33 heavy (non-hydrogen) atoms. The van der Waals surface area contributed by atoms with Gasteiger partial charge in [0.25, 0.3) is 0 Å². The number of ether oxygens (including phenoxy) is 2. The number of nitrogens with one attached hydrogen (secondary N) is 1. The van der Waals surface area contributed by atoms with E-state index in [2.05, 4.69) is 18.2 Å². The molecular formula is C27H32N4O2. The molecule has 2 aliphatic heterocycles. The van der Waals surface area contributed by atoms with Gasteiger partial charge in [-0.1, -0.05) is 75.3 Å². The van der Waals surface area contributed by atoms with Crippen LogP contribution in [0.25, 0.3) is 0 Å². The summed E-state index contributed by atoms with van der Waals surface area (Å²) in [5, 5.41) is 40.1. The van der Waals surface area contributed by atoms with Gasteiger partial charge in [-0.2, -0.15) is 15.8 Å². The molecule has 0 spiro atoms. The Morgan fingerprint density at radius 2 is 1.52 bits per heavy atom. The van der Waals surface area contributed by atoms with Crippen molar-refractivity contribution in [3.8, 4) is 18.2 Å².